The summed E-state index contributed by atoms with van der Waals surface area (Å²) in [6.07, 6.45) is -1.66. The van der Waals surface area contributed by atoms with Gasteiger partial charge in [0.25, 0.3) is 0 Å². The van der Waals surface area contributed by atoms with Crippen molar-refractivity contribution in [3.05, 3.63) is 36.0 Å². The second-order valence-electron chi connectivity index (χ2n) is 4.25. The first kappa shape index (κ1) is 12.5. The first-order chi connectivity index (χ1) is 8.50. The molecule has 3 nitrogen and oxygen atoms in total. The zero-order valence-electron chi connectivity index (χ0n) is 9.81. The zero-order chi connectivity index (χ0) is 13.3. The van der Waals surface area contributed by atoms with E-state index in [0.29, 0.717) is 10.9 Å². The van der Waals surface area contributed by atoms with Crippen LogP contribution in [-0.2, 0) is 11.8 Å². The number of aliphatic carboxylic acids is 1. The third kappa shape index (κ3) is 2.20. The fraction of sp³-hybridized carbons (Fsp3) is 0.308. The Balaban J connectivity index is 2.54. The van der Waals surface area contributed by atoms with Crippen LogP contribution in [0.1, 0.15) is 17.9 Å². The van der Waals surface area contributed by atoms with Gasteiger partial charge in [0, 0.05) is 24.1 Å². The van der Waals surface area contributed by atoms with E-state index in [4.69, 9.17) is 5.11 Å². The average molecular weight is 253 g/mol. The molecule has 2 aromatic rings. The highest BCUT2D eigenvalue weighted by atomic mass is 19.3. The number of para-hydroxylation sites is 1. The van der Waals surface area contributed by atoms with Crippen molar-refractivity contribution in [3.63, 3.8) is 0 Å². The first-order valence-corrected chi connectivity index (χ1v) is 5.54. The van der Waals surface area contributed by atoms with Crippen LogP contribution in [0.3, 0.4) is 0 Å². The van der Waals surface area contributed by atoms with Crippen LogP contribution in [0.5, 0.6) is 0 Å². The van der Waals surface area contributed by atoms with Gasteiger partial charge in [-0.25, -0.2) is 8.78 Å². The molecule has 0 saturated heterocycles. The topological polar surface area (TPSA) is 42.2 Å². The first-order valence-electron chi connectivity index (χ1n) is 5.54. The molecular weight excluding hydrogens is 240 g/mol. The van der Waals surface area contributed by atoms with Crippen LogP contribution in [0.15, 0.2) is 30.5 Å². The highest BCUT2D eigenvalue weighted by Gasteiger charge is 2.28. The third-order valence-electron chi connectivity index (χ3n) is 3.03. The smallest absolute Gasteiger partial charge is 0.304 e. The molecule has 18 heavy (non-hydrogen) atoms. The molecule has 1 aromatic heterocycles. The molecule has 0 spiro atoms. The van der Waals surface area contributed by atoms with E-state index in [2.05, 4.69) is 0 Å². The van der Waals surface area contributed by atoms with Crippen molar-refractivity contribution in [2.24, 2.45) is 7.05 Å². The van der Waals surface area contributed by atoms with E-state index in [1.54, 1.807) is 29.9 Å². The maximum Gasteiger partial charge on any atom is 0.304 e. The summed E-state index contributed by atoms with van der Waals surface area (Å²) >= 11 is 0. The SMILES string of the molecule is Cn1cc(C(CC(=O)O)C(F)F)c2ccccc21. The highest BCUT2D eigenvalue weighted by Crippen LogP contribution is 2.33. The van der Waals surface area contributed by atoms with Gasteiger partial charge >= 0.3 is 5.97 Å². The number of carboxylic acids is 1. The quantitative estimate of drug-likeness (QED) is 0.910. The standard InChI is InChI=1S/C13H13F2NO2/c1-16-7-10(8-4-2-3-5-11(8)16)9(13(14)15)6-12(17)18/h2-5,7,9,13H,6H2,1H3,(H,17,18). The van der Waals surface area contributed by atoms with Crippen LogP contribution in [0.25, 0.3) is 10.9 Å². The highest BCUT2D eigenvalue weighted by molar-refractivity contribution is 5.85. The predicted molar refractivity (Wildman–Crippen MR) is 63.9 cm³/mol. The molecule has 1 N–H and O–H groups in total. The Hall–Kier alpha value is -1.91. The molecule has 0 bridgehead atoms. The maximum absolute atomic E-state index is 13.0. The lowest BCUT2D eigenvalue weighted by molar-refractivity contribution is -0.138. The summed E-state index contributed by atoms with van der Waals surface area (Å²) in [5.41, 5.74) is 1.22. The number of alkyl halides is 2. The van der Waals surface area contributed by atoms with Gasteiger partial charge in [-0.2, -0.15) is 0 Å². The second-order valence-corrected chi connectivity index (χ2v) is 4.25. The van der Waals surface area contributed by atoms with Crippen LogP contribution in [-0.4, -0.2) is 22.1 Å². The minimum atomic E-state index is -2.69. The molecule has 0 saturated carbocycles. The largest absolute Gasteiger partial charge is 0.481 e. The number of carbonyl (C=O) groups is 1. The normalized spacial score (nSPS) is 13.1. The fourth-order valence-electron chi connectivity index (χ4n) is 2.19. The number of aryl methyl sites for hydroxylation is 1. The minimum absolute atomic E-state index is 0.394. The van der Waals surface area contributed by atoms with Gasteiger partial charge in [-0.15, -0.1) is 0 Å². The molecule has 0 aliphatic rings. The lowest BCUT2D eigenvalue weighted by Gasteiger charge is -2.12. The number of carboxylic acid groups (broad SMARTS) is 1. The van der Waals surface area contributed by atoms with Gasteiger partial charge in [0.15, 0.2) is 0 Å². The maximum atomic E-state index is 13.0. The molecule has 1 heterocycles. The average Bonchev–Trinajstić information content (AvgIpc) is 2.64. The van der Waals surface area contributed by atoms with E-state index in [1.165, 1.54) is 0 Å². The van der Waals surface area contributed by atoms with E-state index in [9.17, 15) is 13.6 Å². The molecule has 0 aliphatic heterocycles. The van der Waals surface area contributed by atoms with Crippen LogP contribution in [0.4, 0.5) is 8.78 Å². The summed E-state index contributed by atoms with van der Waals surface area (Å²) in [7, 11) is 1.76. The monoisotopic (exact) mass is 253 g/mol. The molecule has 5 heteroatoms. The summed E-state index contributed by atoms with van der Waals surface area (Å²) in [6, 6.07) is 7.14. The molecule has 1 unspecified atom stereocenters. The number of fused-ring (bicyclic) bond motifs is 1. The Morgan fingerprint density at radius 1 is 1.39 bits per heavy atom. The lowest BCUT2D eigenvalue weighted by Crippen LogP contribution is -2.13. The Morgan fingerprint density at radius 2 is 2.06 bits per heavy atom. The van der Waals surface area contributed by atoms with Crippen LogP contribution < -0.4 is 0 Å². The summed E-state index contributed by atoms with van der Waals surface area (Å²) < 4.78 is 27.8. The number of rotatable bonds is 4. The van der Waals surface area contributed by atoms with Crippen molar-refractivity contribution in [2.45, 2.75) is 18.8 Å². The molecular formula is C13H13F2NO2. The molecule has 2 rings (SSSR count). The van der Waals surface area contributed by atoms with Gasteiger partial charge in [-0.1, -0.05) is 18.2 Å². The number of halogens is 2. The molecule has 0 fully saturated rings. The number of nitrogens with zero attached hydrogens (tertiary/aromatic N) is 1. The van der Waals surface area contributed by atoms with Crippen LogP contribution >= 0.6 is 0 Å². The number of hydrogen-bond acceptors (Lipinski definition) is 1. The fourth-order valence-corrected chi connectivity index (χ4v) is 2.19. The molecule has 96 valence electrons. The second kappa shape index (κ2) is 4.76. The van der Waals surface area contributed by atoms with E-state index in [1.807, 2.05) is 12.1 Å². The van der Waals surface area contributed by atoms with Crippen LogP contribution in [0, 0.1) is 0 Å². The predicted octanol–water partition coefficient (Wildman–Crippen LogP) is 3.00. The zero-order valence-corrected chi connectivity index (χ0v) is 9.81. The molecule has 0 amide bonds. The van der Waals surface area contributed by atoms with Gasteiger partial charge in [0.1, 0.15) is 0 Å². The van der Waals surface area contributed by atoms with Gasteiger partial charge in [-0.3, -0.25) is 4.79 Å². The molecule has 1 atom stereocenters. The van der Waals surface area contributed by atoms with E-state index in [0.717, 1.165) is 5.52 Å². The van der Waals surface area contributed by atoms with E-state index in [-0.39, 0.29) is 0 Å². The lowest BCUT2D eigenvalue weighted by atomic mass is 9.96. The molecule has 1 aromatic carbocycles. The van der Waals surface area contributed by atoms with Crippen molar-refractivity contribution in [1.29, 1.82) is 0 Å². The van der Waals surface area contributed by atoms with Crippen LogP contribution in [0.2, 0.25) is 0 Å². The molecule has 0 radical (unpaired) electrons. The number of aromatic nitrogens is 1. The van der Waals surface area contributed by atoms with E-state index < -0.39 is 24.7 Å². The van der Waals surface area contributed by atoms with Crippen molar-refractivity contribution in [2.75, 3.05) is 0 Å². The van der Waals surface area contributed by atoms with Crippen molar-refractivity contribution in [1.82, 2.24) is 4.57 Å². The van der Waals surface area contributed by atoms with Gasteiger partial charge < -0.3 is 9.67 Å². The van der Waals surface area contributed by atoms with E-state index >= 15 is 0 Å². The number of hydrogen-bond donors (Lipinski definition) is 1. The van der Waals surface area contributed by atoms with Gasteiger partial charge in [-0.05, 0) is 11.6 Å². The Bertz CT molecular complexity index is 577. The Morgan fingerprint density at radius 3 is 2.67 bits per heavy atom. The summed E-state index contributed by atoms with van der Waals surface area (Å²) in [4.78, 5) is 10.7. The summed E-state index contributed by atoms with van der Waals surface area (Å²) in [5, 5.41) is 9.42. The number of benzene rings is 1. The van der Waals surface area contributed by atoms with Gasteiger partial charge in [0.2, 0.25) is 6.43 Å². The summed E-state index contributed by atoms with van der Waals surface area (Å²) in [5.74, 6) is -2.48. The van der Waals surface area contributed by atoms with Crippen molar-refractivity contribution in [3.8, 4) is 0 Å². The Kier molecular flexibility index (Phi) is 3.32. The minimum Gasteiger partial charge on any atom is -0.481 e. The summed E-state index contributed by atoms with van der Waals surface area (Å²) in [6.45, 7) is 0. The van der Waals surface area contributed by atoms with Crippen molar-refractivity contribution >= 4 is 16.9 Å². The van der Waals surface area contributed by atoms with Crippen molar-refractivity contribution < 1.29 is 18.7 Å². The molecule has 0 aliphatic carbocycles. The Labute approximate surface area is 103 Å². The third-order valence-corrected chi connectivity index (χ3v) is 3.03. The van der Waals surface area contributed by atoms with Gasteiger partial charge in [0.05, 0.1) is 12.3 Å².